The third-order valence-electron chi connectivity index (χ3n) is 9.15. The van der Waals surface area contributed by atoms with E-state index in [9.17, 15) is 24.3 Å². The van der Waals surface area contributed by atoms with Gasteiger partial charge in [0, 0.05) is 23.1 Å². The van der Waals surface area contributed by atoms with Crippen LogP contribution in [0.4, 0.5) is 5.69 Å². The molecule has 7 atom stereocenters. The topological polar surface area (TPSA) is 125 Å². The highest BCUT2D eigenvalue weighted by Gasteiger charge is 2.75. The number of aliphatic hydroxyl groups excluding tert-OH is 1. The van der Waals surface area contributed by atoms with Crippen LogP contribution in [0.25, 0.3) is 10.8 Å². The quantitative estimate of drug-likeness (QED) is 0.380. The lowest BCUT2D eigenvalue weighted by Crippen LogP contribution is -2.58. The lowest BCUT2D eigenvalue weighted by Gasteiger charge is -2.38. The fourth-order valence-electron chi connectivity index (χ4n) is 7.00. The lowest BCUT2D eigenvalue weighted by molar-refractivity contribution is -0.159. The number of halogens is 1. The summed E-state index contributed by atoms with van der Waals surface area (Å²) >= 11 is 3.55. The number of likely N-dealkylation sites (tertiary alicyclic amines) is 1. The van der Waals surface area contributed by atoms with E-state index in [1.165, 1.54) is 4.90 Å². The van der Waals surface area contributed by atoms with E-state index < -0.39 is 59.5 Å². The van der Waals surface area contributed by atoms with Crippen molar-refractivity contribution < 1.29 is 33.8 Å². The van der Waals surface area contributed by atoms with E-state index in [1.54, 1.807) is 17.9 Å². The Morgan fingerprint density at radius 3 is 2.61 bits per heavy atom. The molecule has 0 aromatic heterocycles. The van der Waals surface area contributed by atoms with Crippen LogP contribution in [0.5, 0.6) is 0 Å². The molecule has 4 heterocycles. The van der Waals surface area contributed by atoms with Gasteiger partial charge in [-0.1, -0.05) is 65.3 Å². The molecule has 4 aliphatic rings. The fraction of sp³-hybridized carbons (Fsp3) is 0.455. The zero-order chi connectivity index (χ0) is 31.2. The standard InChI is InChI=1S/C33H36BrN3O7/c1-3-22(18-38)37-29-31(41)36(23-13-12-20-9-6-7-10-21(20)15-23)14-8-4-5-11-25(39)35-17-19(2)43-32(42)26-27(30(37)40)33(29)16-24(34)28(26)44-33/h4,6-10,12-13,15-16,19,22,26-29,38H,3,5,11,14,17-18H2,1-2H3,(H,35,39)/b8-4-/t19-,22-,26+,27-,28+,29+,33-/m0/s1. The van der Waals surface area contributed by atoms with Gasteiger partial charge in [-0.3, -0.25) is 19.2 Å². The first-order valence-corrected chi connectivity index (χ1v) is 15.9. The monoisotopic (exact) mass is 665 g/mol. The largest absolute Gasteiger partial charge is 0.460 e. The molecule has 6 rings (SSSR count). The van der Waals surface area contributed by atoms with Crippen molar-refractivity contribution >= 4 is 56.1 Å². The third-order valence-corrected chi connectivity index (χ3v) is 9.83. The van der Waals surface area contributed by atoms with Crippen LogP contribution in [0.1, 0.15) is 33.1 Å². The molecular formula is C33H36BrN3O7. The summed E-state index contributed by atoms with van der Waals surface area (Å²) in [6.45, 7) is 3.46. The number of hydrogen-bond acceptors (Lipinski definition) is 7. The van der Waals surface area contributed by atoms with Crippen molar-refractivity contribution in [2.24, 2.45) is 11.8 Å². The Kier molecular flexibility index (Phi) is 8.38. The number of nitrogens with one attached hydrogen (secondary N) is 1. The second-order valence-electron chi connectivity index (χ2n) is 11.9. The van der Waals surface area contributed by atoms with E-state index in [-0.39, 0.29) is 32.0 Å². The number of anilines is 1. The average Bonchev–Trinajstić information content (AvgIpc) is 3.61. The minimum Gasteiger partial charge on any atom is -0.460 e. The summed E-state index contributed by atoms with van der Waals surface area (Å²) in [5.41, 5.74) is -0.826. The Hall–Kier alpha value is -3.54. The first kappa shape index (κ1) is 30.5. The molecule has 2 saturated heterocycles. The minimum absolute atomic E-state index is 0.124. The number of esters is 1. The Labute approximate surface area is 264 Å². The molecule has 0 unspecified atom stereocenters. The number of hydrogen-bond donors (Lipinski definition) is 2. The van der Waals surface area contributed by atoms with Gasteiger partial charge in [-0.2, -0.15) is 0 Å². The van der Waals surface area contributed by atoms with E-state index >= 15 is 0 Å². The van der Waals surface area contributed by atoms with Gasteiger partial charge < -0.3 is 29.7 Å². The number of ether oxygens (including phenoxy) is 2. The molecule has 44 heavy (non-hydrogen) atoms. The van der Waals surface area contributed by atoms with Gasteiger partial charge in [-0.25, -0.2) is 0 Å². The van der Waals surface area contributed by atoms with Gasteiger partial charge >= 0.3 is 5.97 Å². The highest BCUT2D eigenvalue weighted by Crippen LogP contribution is 2.59. The highest BCUT2D eigenvalue weighted by atomic mass is 79.9. The molecule has 2 aromatic carbocycles. The van der Waals surface area contributed by atoms with E-state index in [2.05, 4.69) is 21.2 Å². The number of carbonyl (C=O) groups is 4. The summed E-state index contributed by atoms with van der Waals surface area (Å²) in [6.07, 6.45) is 5.07. The van der Waals surface area contributed by atoms with Gasteiger partial charge in [0.25, 0.3) is 5.91 Å². The number of benzene rings is 2. The van der Waals surface area contributed by atoms with E-state index in [0.717, 1.165) is 10.8 Å². The molecule has 2 fully saturated rings. The first-order valence-electron chi connectivity index (χ1n) is 15.1. The van der Waals surface area contributed by atoms with E-state index in [0.29, 0.717) is 23.0 Å². The van der Waals surface area contributed by atoms with Crippen LogP contribution < -0.4 is 10.2 Å². The molecule has 232 valence electrons. The zero-order valence-corrected chi connectivity index (χ0v) is 26.2. The van der Waals surface area contributed by atoms with Crippen molar-refractivity contribution in [1.82, 2.24) is 10.2 Å². The molecule has 2 aromatic rings. The van der Waals surface area contributed by atoms with Crippen molar-refractivity contribution in [3.8, 4) is 0 Å². The number of fused-ring (bicyclic) bond motifs is 3. The maximum Gasteiger partial charge on any atom is 0.313 e. The van der Waals surface area contributed by atoms with Crippen molar-refractivity contribution in [3.63, 3.8) is 0 Å². The molecule has 10 nitrogen and oxygen atoms in total. The molecule has 0 radical (unpaired) electrons. The van der Waals surface area contributed by atoms with Crippen molar-refractivity contribution in [3.05, 3.63) is 65.2 Å². The predicted octanol–water partition coefficient (Wildman–Crippen LogP) is 3.21. The van der Waals surface area contributed by atoms with Crippen LogP contribution in [0.3, 0.4) is 0 Å². The Morgan fingerprint density at radius 2 is 1.86 bits per heavy atom. The maximum atomic E-state index is 15.0. The molecule has 2 N–H and O–H groups in total. The second-order valence-corrected chi connectivity index (χ2v) is 12.8. The lowest BCUT2D eigenvalue weighted by atomic mass is 9.74. The Balaban J connectivity index is 1.50. The number of nitrogens with zero attached hydrogens (tertiary/aromatic N) is 2. The van der Waals surface area contributed by atoms with Gasteiger partial charge in [-0.05, 0) is 48.7 Å². The van der Waals surface area contributed by atoms with Crippen molar-refractivity contribution in [2.75, 3.05) is 24.6 Å². The van der Waals surface area contributed by atoms with Gasteiger partial charge in [0.2, 0.25) is 11.8 Å². The number of cyclic esters (lactones) is 1. The zero-order valence-electron chi connectivity index (χ0n) is 24.6. The summed E-state index contributed by atoms with van der Waals surface area (Å²) in [6, 6.07) is 11.7. The summed E-state index contributed by atoms with van der Waals surface area (Å²) < 4.78 is 12.8. The maximum absolute atomic E-state index is 15.0. The van der Waals surface area contributed by atoms with Gasteiger partial charge in [0.15, 0.2) is 0 Å². The van der Waals surface area contributed by atoms with E-state index in [4.69, 9.17) is 9.47 Å². The molecular weight excluding hydrogens is 630 g/mol. The fourth-order valence-corrected chi connectivity index (χ4v) is 7.74. The highest BCUT2D eigenvalue weighted by molar-refractivity contribution is 9.11. The van der Waals surface area contributed by atoms with Crippen LogP contribution in [-0.2, 0) is 28.7 Å². The Bertz CT molecular complexity index is 1550. The summed E-state index contributed by atoms with van der Waals surface area (Å²) in [7, 11) is 0. The van der Waals surface area contributed by atoms with Gasteiger partial charge in [-0.15, -0.1) is 0 Å². The molecule has 1 spiro atoms. The second kappa shape index (κ2) is 12.1. The smallest absolute Gasteiger partial charge is 0.313 e. The molecule has 4 aliphatic heterocycles. The SMILES string of the molecule is CC[C@@H](CO)N1C(=O)[C@@H]2[C@H]3C(=O)O[C@@H](C)CNC(=O)CC/C=C\CN(c4ccc5ccccc5c4)C(=O)[C@@H]1[C@]21C=C(Br)[C@H]3O1. The molecule has 0 aliphatic carbocycles. The number of carbonyl (C=O) groups excluding carboxylic acids is 4. The van der Waals surface area contributed by atoms with E-state index in [1.807, 2.05) is 61.5 Å². The molecule has 0 saturated carbocycles. The van der Waals surface area contributed by atoms with Crippen LogP contribution in [0.2, 0.25) is 0 Å². The summed E-state index contributed by atoms with van der Waals surface area (Å²) in [4.78, 5) is 58.5. The predicted molar refractivity (Wildman–Crippen MR) is 167 cm³/mol. The minimum atomic E-state index is -1.45. The van der Waals surface area contributed by atoms with Crippen LogP contribution >= 0.6 is 15.9 Å². The number of rotatable bonds is 4. The molecule has 3 amide bonds. The number of amides is 3. The van der Waals surface area contributed by atoms with Crippen LogP contribution in [0, 0.1) is 11.8 Å². The number of aliphatic hydroxyl groups is 1. The van der Waals surface area contributed by atoms with Crippen molar-refractivity contribution in [1.29, 1.82) is 0 Å². The molecule has 5 bridgehead atoms. The van der Waals surface area contributed by atoms with Gasteiger partial charge in [0.05, 0.1) is 25.1 Å². The summed E-state index contributed by atoms with van der Waals surface area (Å²) in [5.74, 6) is -3.68. The summed E-state index contributed by atoms with van der Waals surface area (Å²) in [5, 5.41) is 15.1. The van der Waals surface area contributed by atoms with Gasteiger partial charge in [0.1, 0.15) is 29.8 Å². The number of allylic oxidation sites excluding steroid dienone is 1. The Morgan fingerprint density at radius 1 is 1.09 bits per heavy atom. The molecule has 11 heteroatoms. The average molecular weight is 667 g/mol. The normalized spacial score (nSPS) is 32.4. The van der Waals surface area contributed by atoms with Crippen LogP contribution in [-0.4, -0.2) is 83.3 Å². The first-order chi connectivity index (χ1) is 21.2. The third kappa shape index (κ3) is 5.04. The van der Waals surface area contributed by atoms with Crippen molar-refractivity contribution in [2.45, 2.75) is 63.0 Å². The van der Waals surface area contributed by atoms with Crippen LogP contribution in [0.15, 0.2) is 65.2 Å².